The molecule has 12 heteroatoms. The van der Waals surface area contributed by atoms with Crippen LogP contribution in [0.5, 0.6) is 0 Å². The smallest absolute Gasteiger partial charge is 0.256 e. The van der Waals surface area contributed by atoms with Crippen LogP contribution in [-0.2, 0) is 36.9 Å². The van der Waals surface area contributed by atoms with Gasteiger partial charge in [0.1, 0.15) is 6.54 Å². The standard InChI is InChI=1S/C38H39N7O5/c1-3-22-44(33(48)18-19-37(2)42-43-37)25-31(46)39-20-21-40-32(47)26-45-24-29-16-10-11-17-30(29)34-38(36(45)49,23-27-12-6-4-7-13-27)41-35(50-34)28-14-8-5-9-15-28/h1,4-17,34H,18-26H2,2H3,(H,39,46)(H,40,47)/t34-,38-/m0/s1. The zero-order valence-electron chi connectivity index (χ0n) is 27.9. The van der Waals surface area contributed by atoms with Crippen LogP contribution >= 0.6 is 0 Å². The second kappa shape index (κ2) is 14.7. The third kappa shape index (κ3) is 7.73. The van der Waals surface area contributed by atoms with Gasteiger partial charge in [0, 0.05) is 50.0 Å². The number of ether oxygens (including phenoxy) is 1. The summed E-state index contributed by atoms with van der Waals surface area (Å²) in [5.74, 6) is 1.43. The van der Waals surface area contributed by atoms with Crippen LogP contribution in [0.15, 0.2) is 100 Å². The molecule has 256 valence electrons. The van der Waals surface area contributed by atoms with Crippen LogP contribution in [0.25, 0.3) is 0 Å². The van der Waals surface area contributed by atoms with Gasteiger partial charge in [-0.15, -0.1) is 6.42 Å². The van der Waals surface area contributed by atoms with Gasteiger partial charge in [-0.2, -0.15) is 10.2 Å². The maximum absolute atomic E-state index is 14.7. The molecule has 0 saturated carbocycles. The van der Waals surface area contributed by atoms with Gasteiger partial charge in [-0.3, -0.25) is 19.2 Å². The normalized spacial score (nSPS) is 19.5. The Hall–Kier alpha value is -5.83. The number of carbonyl (C=O) groups excluding carboxylic acids is 4. The Morgan fingerprint density at radius 1 is 0.960 bits per heavy atom. The molecule has 0 radical (unpaired) electrons. The minimum Gasteiger partial charge on any atom is -0.466 e. The van der Waals surface area contributed by atoms with Gasteiger partial charge < -0.3 is 25.2 Å². The number of hydrogen-bond acceptors (Lipinski definition) is 8. The molecule has 3 aromatic rings. The molecule has 12 nitrogen and oxygen atoms in total. The summed E-state index contributed by atoms with van der Waals surface area (Å²) in [4.78, 5) is 61.2. The summed E-state index contributed by atoms with van der Waals surface area (Å²) in [5.41, 5.74) is 1.52. The second-order valence-electron chi connectivity index (χ2n) is 12.8. The average molecular weight is 674 g/mol. The molecular formula is C38H39N7O5. The molecule has 2 N–H and O–H groups in total. The van der Waals surface area contributed by atoms with Crippen molar-refractivity contribution >= 4 is 29.5 Å². The molecule has 4 amide bonds. The van der Waals surface area contributed by atoms with Gasteiger partial charge in [0.05, 0.1) is 13.1 Å². The van der Waals surface area contributed by atoms with E-state index in [2.05, 4.69) is 26.8 Å². The Kier molecular flexibility index (Phi) is 10.0. The van der Waals surface area contributed by atoms with Crippen LogP contribution in [0.1, 0.15) is 48.1 Å². The second-order valence-corrected chi connectivity index (χ2v) is 12.8. The zero-order chi connectivity index (χ0) is 35.1. The van der Waals surface area contributed by atoms with Gasteiger partial charge in [-0.25, -0.2) is 4.99 Å². The lowest BCUT2D eigenvalue weighted by atomic mass is 9.81. The number of hydrogen-bond donors (Lipinski definition) is 2. The predicted octanol–water partition coefficient (Wildman–Crippen LogP) is 3.18. The summed E-state index contributed by atoms with van der Waals surface area (Å²) < 4.78 is 6.57. The number of aliphatic imine (C=N–C) groups is 1. The summed E-state index contributed by atoms with van der Waals surface area (Å²) in [5, 5.41) is 13.3. The van der Waals surface area contributed by atoms with Crippen molar-refractivity contribution in [1.82, 2.24) is 20.4 Å². The zero-order valence-corrected chi connectivity index (χ0v) is 27.9. The van der Waals surface area contributed by atoms with Crippen molar-refractivity contribution in [3.8, 4) is 12.3 Å². The number of rotatable bonds is 14. The molecule has 0 aliphatic carbocycles. The lowest BCUT2D eigenvalue weighted by Crippen LogP contribution is -2.52. The lowest BCUT2D eigenvalue weighted by molar-refractivity contribution is -0.142. The molecule has 3 aromatic carbocycles. The van der Waals surface area contributed by atoms with Gasteiger partial charge in [0.25, 0.3) is 5.91 Å². The number of fused-ring (bicyclic) bond motifs is 3. The number of terminal acetylenes is 1. The van der Waals surface area contributed by atoms with Crippen LogP contribution < -0.4 is 10.6 Å². The van der Waals surface area contributed by atoms with Crippen LogP contribution in [0, 0.1) is 12.3 Å². The summed E-state index contributed by atoms with van der Waals surface area (Å²) in [7, 11) is 0. The first-order chi connectivity index (χ1) is 24.2. The van der Waals surface area contributed by atoms with Gasteiger partial charge >= 0.3 is 0 Å². The SMILES string of the molecule is C#CCN(CC(=O)NCCNC(=O)CN1Cc2ccccc2[C@@H]2OC(c3ccccc3)=N[C@]2(Cc2ccccc2)C1=O)C(=O)CCC1(C)N=N1. The highest BCUT2D eigenvalue weighted by molar-refractivity contribution is 6.02. The summed E-state index contributed by atoms with van der Waals surface area (Å²) in [6, 6.07) is 26.9. The van der Waals surface area contributed by atoms with Crippen molar-refractivity contribution in [2.24, 2.45) is 15.2 Å². The van der Waals surface area contributed by atoms with Crippen LogP contribution in [0.3, 0.4) is 0 Å². The Labute approximate surface area is 291 Å². The van der Waals surface area contributed by atoms with Gasteiger partial charge in [-0.05, 0) is 30.2 Å². The quantitative estimate of drug-likeness (QED) is 0.200. The van der Waals surface area contributed by atoms with E-state index in [4.69, 9.17) is 16.2 Å². The maximum atomic E-state index is 14.7. The summed E-state index contributed by atoms with van der Waals surface area (Å²) in [6.45, 7) is 1.83. The molecule has 2 atom stereocenters. The predicted molar refractivity (Wildman–Crippen MR) is 185 cm³/mol. The number of nitrogens with one attached hydrogen (secondary N) is 2. The summed E-state index contributed by atoms with van der Waals surface area (Å²) >= 11 is 0. The van der Waals surface area contributed by atoms with Crippen molar-refractivity contribution in [2.45, 2.75) is 50.0 Å². The number of benzene rings is 3. The topological polar surface area (TPSA) is 145 Å². The van der Waals surface area contributed by atoms with Crippen molar-refractivity contribution in [2.75, 3.05) is 32.7 Å². The fourth-order valence-electron chi connectivity index (χ4n) is 6.29. The van der Waals surface area contributed by atoms with Gasteiger partial charge in [0.2, 0.25) is 23.6 Å². The number of amides is 4. The van der Waals surface area contributed by atoms with Crippen LogP contribution in [0.2, 0.25) is 0 Å². The average Bonchev–Trinajstić information content (AvgIpc) is 3.77. The minimum atomic E-state index is -1.35. The monoisotopic (exact) mass is 673 g/mol. The molecule has 0 saturated heterocycles. The third-order valence-corrected chi connectivity index (χ3v) is 8.98. The highest BCUT2D eigenvalue weighted by Gasteiger charge is 2.57. The Bertz CT molecular complexity index is 1850. The van der Waals surface area contributed by atoms with E-state index in [0.29, 0.717) is 12.3 Å². The molecule has 6 rings (SSSR count). The van der Waals surface area contributed by atoms with E-state index in [1.54, 1.807) is 0 Å². The molecule has 50 heavy (non-hydrogen) atoms. The van der Waals surface area contributed by atoms with E-state index in [0.717, 1.165) is 22.3 Å². The molecule has 0 unspecified atom stereocenters. The first kappa shape index (κ1) is 34.0. The molecule has 3 aliphatic heterocycles. The highest BCUT2D eigenvalue weighted by atomic mass is 16.5. The fraction of sp³-hybridized carbons (Fsp3) is 0.342. The van der Waals surface area contributed by atoms with Crippen molar-refractivity contribution in [3.63, 3.8) is 0 Å². The molecule has 3 aliphatic rings. The van der Waals surface area contributed by atoms with E-state index >= 15 is 0 Å². The third-order valence-electron chi connectivity index (χ3n) is 8.98. The van der Waals surface area contributed by atoms with Crippen molar-refractivity contribution in [3.05, 3.63) is 107 Å². The van der Waals surface area contributed by atoms with Crippen molar-refractivity contribution < 1.29 is 23.9 Å². The highest BCUT2D eigenvalue weighted by Crippen LogP contribution is 2.46. The molecule has 3 heterocycles. The molecule has 0 spiro atoms. The summed E-state index contributed by atoms with van der Waals surface area (Å²) in [6.07, 6.45) is 5.62. The molecule has 0 aromatic heterocycles. The van der Waals surface area contributed by atoms with Crippen LogP contribution in [-0.4, -0.2) is 83.3 Å². The van der Waals surface area contributed by atoms with Crippen molar-refractivity contribution in [1.29, 1.82) is 0 Å². The Balaban J connectivity index is 1.12. The number of carbonyl (C=O) groups is 4. The number of nitrogens with zero attached hydrogens (tertiary/aromatic N) is 5. The van der Waals surface area contributed by atoms with Gasteiger partial charge in [-0.1, -0.05) is 78.7 Å². The lowest BCUT2D eigenvalue weighted by Gasteiger charge is -2.32. The first-order valence-corrected chi connectivity index (χ1v) is 16.6. The Morgan fingerprint density at radius 3 is 2.32 bits per heavy atom. The molecule has 0 bridgehead atoms. The molecular weight excluding hydrogens is 634 g/mol. The van der Waals surface area contributed by atoms with E-state index in [9.17, 15) is 19.2 Å². The van der Waals surface area contributed by atoms with E-state index in [-0.39, 0.29) is 63.9 Å². The van der Waals surface area contributed by atoms with E-state index in [1.807, 2.05) is 91.9 Å². The van der Waals surface area contributed by atoms with Gasteiger partial charge in [0.15, 0.2) is 17.3 Å². The minimum absolute atomic E-state index is 0.00444. The largest absolute Gasteiger partial charge is 0.466 e. The fourth-order valence-corrected chi connectivity index (χ4v) is 6.29. The van der Waals surface area contributed by atoms with E-state index in [1.165, 1.54) is 9.80 Å². The maximum Gasteiger partial charge on any atom is 0.256 e. The van der Waals surface area contributed by atoms with E-state index < -0.39 is 29.1 Å². The van der Waals surface area contributed by atoms with Crippen LogP contribution in [0.4, 0.5) is 0 Å². The molecule has 0 fully saturated rings. The first-order valence-electron chi connectivity index (χ1n) is 16.6. The Morgan fingerprint density at radius 2 is 1.62 bits per heavy atom.